The fourth-order valence-corrected chi connectivity index (χ4v) is 3.39. The van der Waals surface area contributed by atoms with Gasteiger partial charge in [0.15, 0.2) is 11.5 Å². The fraction of sp³-hybridized carbons (Fsp3) is 0.217. The van der Waals surface area contributed by atoms with Crippen molar-refractivity contribution in [2.75, 3.05) is 19.5 Å². The minimum Gasteiger partial charge on any atom is -0.493 e. The van der Waals surface area contributed by atoms with Gasteiger partial charge in [0.05, 0.1) is 26.4 Å². The number of rotatable bonds is 8. The molecule has 0 aromatic heterocycles. The second kappa shape index (κ2) is 9.62. The standard InChI is InChI=1S/C23H24BrNO3/c1-27-22-13-8-17(14-23(22)28-2)20(25-19-11-9-18(24)10-12-19)15-21(26)16-6-4-3-5-7-16/h3-14,20-21,25-26H,15H2,1-2H3. The van der Waals surface area contributed by atoms with Crippen molar-refractivity contribution in [1.82, 2.24) is 0 Å². The SMILES string of the molecule is COc1ccc(C(CC(O)c2ccccc2)Nc2ccc(Br)cc2)cc1OC. The van der Waals surface area contributed by atoms with Crippen LogP contribution in [0.2, 0.25) is 0 Å². The quantitative estimate of drug-likeness (QED) is 0.467. The topological polar surface area (TPSA) is 50.7 Å². The van der Waals surface area contributed by atoms with Crippen LogP contribution < -0.4 is 14.8 Å². The zero-order valence-electron chi connectivity index (χ0n) is 15.9. The van der Waals surface area contributed by atoms with E-state index in [2.05, 4.69) is 21.2 Å². The van der Waals surface area contributed by atoms with Gasteiger partial charge in [0.1, 0.15) is 0 Å². The lowest BCUT2D eigenvalue weighted by Crippen LogP contribution is -2.15. The lowest BCUT2D eigenvalue weighted by Gasteiger charge is -2.24. The van der Waals surface area contributed by atoms with E-state index in [1.54, 1.807) is 14.2 Å². The summed E-state index contributed by atoms with van der Waals surface area (Å²) in [5, 5.41) is 14.3. The molecule has 0 radical (unpaired) electrons. The van der Waals surface area contributed by atoms with Gasteiger partial charge in [-0.25, -0.2) is 0 Å². The van der Waals surface area contributed by atoms with E-state index in [9.17, 15) is 5.11 Å². The lowest BCUT2D eigenvalue weighted by molar-refractivity contribution is 0.160. The van der Waals surface area contributed by atoms with Crippen molar-refractivity contribution in [3.63, 3.8) is 0 Å². The number of ether oxygens (including phenoxy) is 2. The summed E-state index contributed by atoms with van der Waals surface area (Å²) < 4.78 is 11.8. The van der Waals surface area contributed by atoms with Crippen LogP contribution in [0.25, 0.3) is 0 Å². The molecule has 5 heteroatoms. The van der Waals surface area contributed by atoms with Gasteiger partial charge in [-0.05, 0) is 47.5 Å². The number of hydrogen-bond acceptors (Lipinski definition) is 4. The third kappa shape index (κ3) is 5.06. The number of aliphatic hydroxyl groups is 1. The maximum Gasteiger partial charge on any atom is 0.161 e. The second-order valence-electron chi connectivity index (χ2n) is 6.48. The van der Waals surface area contributed by atoms with E-state index in [4.69, 9.17) is 9.47 Å². The van der Waals surface area contributed by atoms with Crippen LogP contribution in [0.5, 0.6) is 11.5 Å². The van der Waals surface area contributed by atoms with Gasteiger partial charge in [-0.15, -0.1) is 0 Å². The first-order valence-corrected chi connectivity index (χ1v) is 9.87. The van der Waals surface area contributed by atoms with Gasteiger partial charge < -0.3 is 19.9 Å². The first-order chi connectivity index (χ1) is 13.6. The van der Waals surface area contributed by atoms with Gasteiger partial charge in [-0.3, -0.25) is 0 Å². The number of nitrogens with one attached hydrogen (secondary N) is 1. The summed E-state index contributed by atoms with van der Waals surface area (Å²) in [7, 11) is 3.24. The van der Waals surface area contributed by atoms with Gasteiger partial charge in [0, 0.05) is 16.6 Å². The predicted molar refractivity (Wildman–Crippen MR) is 116 cm³/mol. The number of methoxy groups -OCH3 is 2. The van der Waals surface area contributed by atoms with Gasteiger partial charge in [-0.2, -0.15) is 0 Å². The van der Waals surface area contributed by atoms with E-state index in [-0.39, 0.29) is 6.04 Å². The number of halogens is 1. The molecule has 3 aromatic carbocycles. The van der Waals surface area contributed by atoms with E-state index in [0.29, 0.717) is 17.9 Å². The largest absolute Gasteiger partial charge is 0.493 e. The molecule has 3 rings (SSSR count). The van der Waals surface area contributed by atoms with Crippen LogP contribution in [0.15, 0.2) is 77.3 Å². The van der Waals surface area contributed by atoms with Crippen LogP contribution in [0, 0.1) is 0 Å². The Bertz CT molecular complexity index is 884. The molecule has 0 heterocycles. The number of benzene rings is 3. The van der Waals surface area contributed by atoms with Crippen molar-refractivity contribution in [2.24, 2.45) is 0 Å². The highest BCUT2D eigenvalue weighted by atomic mass is 79.9. The first-order valence-electron chi connectivity index (χ1n) is 9.07. The molecule has 3 aromatic rings. The summed E-state index contributed by atoms with van der Waals surface area (Å²) in [6.45, 7) is 0. The smallest absolute Gasteiger partial charge is 0.161 e. The molecule has 0 aliphatic heterocycles. The maximum atomic E-state index is 10.8. The Morgan fingerprint density at radius 1 is 0.857 bits per heavy atom. The van der Waals surface area contributed by atoms with E-state index >= 15 is 0 Å². The average Bonchev–Trinajstić information content (AvgIpc) is 2.74. The summed E-state index contributed by atoms with van der Waals surface area (Å²) in [4.78, 5) is 0. The van der Waals surface area contributed by atoms with Crippen molar-refractivity contribution in [3.05, 3.63) is 88.4 Å². The van der Waals surface area contributed by atoms with Gasteiger partial charge >= 0.3 is 0 Å². The van der Waals surface area contributed by atoms with E-state index < -0.39 is 6.10 Å². The normalized spacial score (nSPS) is 12.9. The molecule has 0 saturated carbocycles. The number of aliphatic hydroxyl groups excluding tert-OH is 1. The van der Waals surface area contributed by atoms with Crippen LogP contribution in [0.1, 0.15) is 29.7 Å². The van der Waals surface area contributed by atoms with E-state index in [1.165, 1.54) is 0 Å². The Morgan fingerprint density at radius 3 is 2.18 bits per heavy atom. The van der Waals surface area contributed by atoms with Gasteiger partial charge in [0.2, 0.25) is 0 Å². The summed E-state index contributed by atoms with van der Waals surface area (Å²) in [6, 6.07) is 23.4. The third-order valence-corrected chi connectivity index (χ3v) is 5.17. The molecule has 2 atom stereocenters. The molecule has 0 spiro atoms. The Labute approximate surface area is 174 Å². The van der Waals surface area contributed by atoms with Crippen molar-refractivity contribution in [2.45, 2.75) is 18.6 Å². The average molecular weight is 442 g/mol. The minimum absolute atomic E-state index is 0.115. The van der Waals surface area contributed by atoms with Crippen LogP contribution in [0.3, 0.4) is 0 Å². The molecule has 0 fully saturated rings. The third-order valence-electron chi connectivity index (χ3n) is 4.64. The molecule has 146 valence electrons. The summed E-state index contributed by atoms with van der Waals surface area (Å²) in [5.41, 5.74) is 2.88. The van der Waals surface area contributed by atoms with E-state index in [1.807, 2.05) is 72.8 Å². The van der Waals surface area contributed by atoms with E-state index in [0.717, 1.165) is 21.3 Å². The molecular formula is C23H24BrNO3. The van der Waals surface area contributed by atoms with Crippen molar-refractivity contribution in [1.29, 1.82) is 0 Å². The summed E-state index contributed by atoms with van der Waals surface area (Å²) in [6.07, 6.45) is -0.0857. The van der Waals surface area contributed by atoms with Crippen molar-refractivity contribution >= 4 is 21.6 Å². The molecule has 2 N–H and O–H groups in total. The number of anilines is 1. The van der Waals surface area contributed by atoms with Gasteiger partial charge in [0.25, 0.3) is 0 Å². The van der Waals surface area contributed by atoms with Crippen molar-refractivity contribution in [3.8, 4) is 11.5 Å². The number of hydrogen-bond donors (Lipinski definition) is 2. The predicted octanol–water partition coefficient (Wildman–Crippen LogP) is 5.74. The zero-order valence-corrected chi connectivity index (χ0v) is 17.5. The van der Waals surface area contributed by atoms with Crippen LogP contribution in [-0.2, 0) is 0 Å². The second-order valence-corrected chi connectivity index (χ2v) is 7.40. The highest BCUT2D eigenvalue weighted by Gasteiger charge is 2.19. The monoisotopic (exact) mass is 441 g/mol. The zero-order chi connectivity index (χ0) is 19.9. The Hall–Kier alpha value is -2.50. The van der Waals surface area contributed by atoms with Crippen molar-refractivity contribution < 1.29 is 14.6 Å². The molecular weight excluding hydrogens is 418 g/mol. The van der Waals surface area contributed by atoms with Crippen LogP contribution in [-0.4, -0.2) is 19.3 Å². The molecule has 0 bridgehead atoms. The highest BCUT2D eigenvalue weighted by molar-refractivity contribution is 9.10. The molecule has 0 amide bonds. The highest BCUT2D eigenvalue weighted by Crippen LogP contribution is 2.35. The Morgan fingerprint density at radius 2 is 1.54 bits per heavy atom. The molecule has 4 nitrogen and oxygen atoms in total. The molecule has 0 aliphatic carbocycles. The van der Waals surface area contributed by atoms with Crippen LogP contribution in [0.4, 0.5) is 5.69 Å². The maximum absolute atomic E-state index is 10.8. The summed E-state index contributed by atoms with van der Waals surface area (Å²) >= 11 is 3.46. The van der Waals surface area contributed by atoms with Gasteiger partial charge in [-0.1, -0.05) is 52.3 Å². The Kier molecular flexibility index (Phi) is 6.95. The Balaban J connectivity index is 1.90. The molecule has 0 aliphatic rings. The first kappa shape index (κ1) is 20.2. The van der Waals surface area contributed by atoms with Crippen LogP contribution >= 0.6 is 15.9 Å². The molecule has 0 saturated heterocycles. The summed E-state index contributed by atoms with van der Waals surface area (Å²) in [5.74, 6) is 1.34. The minimum atomic E-state index is -0.595. The molecule has 28 heavy (non-hydrogen) atoms. The molecule has 2 unspecified atom stereocenters. The fourth-order valence-electron chi connectivity index (χ4n) is 3.13. The lowest BCUT2D eigenvalue weighted by atomic mass is 9.96.